The molecule has 3 nitrogen and oxygen atoms in total. The lowest BCUT2D eigenvalue weighted by molar-refractivity contribution is -0.141. The molecule has 0 atom stereocenters. The van der Waals surface area contributed by atoms with Crippen molar-refractivity contribution in [1.82, 2.24) is 4.98 Å². The van der Waals surface area contributed by atoms with Crippen LogP contribution in [0.4, 0.5) is 18.3 Å². The average molecular weight is 198 g/mol. The number of nitrogens with two attached hydrogens (primary N) is 1. The van der Waals surface area contributed by atoms with Gasteiger partial charge in [-0.1, -0.05) is 11.3 Å². The number of thiazole rings is 1. The Kier molecular flexibility index (Phi) is 2.25. The summed E-state index contributed by atoms with van der Waals surface area (Å²) in [5.41, 5.74) is 3.96. The van der Waals surface area contributed by atoms with Gasteiger partial charge in [0.15, 0.2) is 10.8 Å². The van der Waals surface area contributed by atoms with Crippen LogP contribution in [0, 0.1) is 0 Å². The third-order valence-electron chi connectivity index (χ3n) is 1.13. The van der Waals surface area contributed by atoms with E-state index in [1.54, 1.807) is 0 Å². The molecule has 7 heteroatoms. The van der Waals surface area contributed by atoms with E-state index in [9.17, 15) is 13.2 Å². The number of alkyl halides is 3. The van der Waals surface area contributed by atoms with Gasteiger partial charge in [0.25, 0.3) is 0 Å². The van der Waals surface area contributed by atoms with Gasteiger partial charge in [-0.15, -0.1) is 0 Å². The van der Waals surface area contributed by atoms with Crippen molar-refractivity contribution in [1.29, 1.82) is 0 Å². The number of anilines is 1. The molecule has 0 amide bonds. The number of aromatic nitrogens is 1. The Morgan fingerprint density at radius 1 is 1.50 bits per heavy atom. The van der Waals surface area contributed by atoms with Crippen LogP contribution in [0.1, 0.15) is 10.6 Å². The smallest absolute Gasteiger partial charge is 0.391 e. The topological polar surface area (TPSA) is 59.1 Å². The van der Waals surface area contributed by atoms with E-state index in [1.165, 1.54) is 0 Å². The Labute approximate surface area is 69.7 Å². The second-order valence-electron chi connectivity index (χ2n) is 1.98. The zero-order valence-electron chi connectivity index (χ0n) is 5.72. The number of nitrogen functional groups attached to an aromatic ring is 1. The van der Waals surface area contributed by atoms with Gasteiger partial charge in [-0.25, -0.2) is 4.98 Å². The first kappa shape index (κ1) is 9.27. The van der Waals surface area contributed by atoms with Crippen molar-refractivity contribution in [3.63, 3.8) is 0 Å². The normalized spacial score (nSPS) is 12.0. The number of rotatable bonds is 1. The number of nitrogens with zero attached hydrogens (tertiary/aromatic N) is 1. The molecule has 12 heavy (non-hydrogen) atoms. The minimum absolute atomic E-state index is 0.189. The maximum Gasteiger partial charge on any atom is 0.434 e. The molecule has 3 N–H and O–H groups in total. The molecule has 0 saturated heterocycles. The fraction of sp³-hybridized carbons (Fsp3) is 0.400. The number of hydrogen-bond acceptors (Lipinski definition) is 4. The van der Waals surface area contributed by atoms with Crippen molar-refractivity contribution in [2.75, 3.05) is 5.73 Å². The molecule has 0 spiro atoms. The molecule has 0 fully saturated rings. The molecule has 1 heterocycles. The van der Waals surface area contributed by atoms with Crippen LogP contribution in [-0.2, 0) is 12.8 Å². The van der Waals surface area contributed by atoms with Crippen LogP contribution in [0.5, 0.6) is 0 Å². The van der Waals surface area contributed by atoms with Gasteiger partial charge in [0.1, 0.15) is 0 Å². The Morgan fingerprint density at radius 3 is 2.42 bits per heavy atom. The van der Waals surface area contributed by atoms with E-state index < -0.39 is 18.5 Å². The van der Waals surface area contributed by atoms with Crippen LogP contribution in [0.25, 0.3) is 0 Å². The number of hydrogen-bond donors (Lipinski definition) is 2. The van der Waals surface area contributed by atoms with Crippen LogP contribution < -0.4 is 5.73 Å². The van der Waals surface area contributed by atoms with Crippen LogP contribution in [0.3, 0.4) is 0 Å². The van der Waals surface area contributed by atoms with Crippen molar-refractivity contribution in [3.8, 4) is 0 Å². The van der Waals surface area contributed by atoms with Crippen LogP contribution >= 0.6 is 11.3 Å². The Morgan fingerprint density at radius 2 is 2.08 bits per heavy atom. The van der Waals surface area contributed by atoms with E-state index in [4.69, 9.17) is 10.8 Å². The SMILES string of the molecule is Nc1nc(C(F)(F)F)c(CO)s1. The molecule has 0 aliphatic heterocycles. The van der Waals surface area contributed by atoms with Crippen molar-refractivity contribution in [2.45, 2.75) is 12.8 Å². The zero-order valence-corrected chi connectivity index (χ0v) is 6.54. The van der Waals surface area contributed by atoms with Crippen LogP contribution in [0.15, 0.2) is 0 Å². The number of aliphatic hydroxyl groups is 1. The third kappa shape index (κ3) is 1.67. The molecule has 0 radical (unpaired) electrons. The summed E-state index contributed by atoms with van der Waals surface area (Å²) in [4.78, 5) is 2.81. The fourth-order valence-electron chi connectivity index (χ4n) is 0.699. The standard InChI is InChI=1S/C5H5F3N2OS/c6-5(7,8)3-2(1-11)12-4(9)10-3/h11H,1H2,(H2,9,10). The fourth-order valence-corrected chi connectivity index (χ4v) is 1.41. The van der Waals surface area contributed by atoms with Gasteiger partial charge in [0.2, 0.25) is 0 Å². The summed E-state index contributed by atoms with van der Waals surface area (Å²) in [6.45, 7) is -0.691. The average Bonchev–Trinajstić information content (AvgIpc) is 2.29. The second-order valence-corrected chi connectivity index (χ2v) is 3.09. The molecule has 1 rings (SSSR count). The molecule has 68 valence electrons. The highest BCUT2D eigenvalue weighted by molar-refractivity contribution is 7.15. The third-order valence-corrected chi connectivity index (χ3v) is 2.00. The molecule has 0 aromatic carbocycles. The lowest BCUT2D eigenvalue weighted by Gasteiger charge is -2.02. The molecule has 0 aliphatic rings. The van der Waals surface area contributed by atoms with Gasteiger partial charge in [-0.3, -0.25) is 0 Å². The van der Waals surface area contributed by atoms with E-state index in [2.05, 4.69) is 4.98 Å². The summed E-state index contributed by atoms with van der Waals surface area (Å²) >= 11 is 0.638. The maximum absolute atomic E-state index is 12.0. The van der Waals surface area contributed by atoms with E-state index in [0.29, 0.717) is 11.3 Å². The summed E-state index contributed by atoms with van der Waals surface area (Å²) < 4.78 is 36.1. The Balaban J connectivity index is 3.13. The quantitative estimate of drug-likeness (QED) is 0.713. The molecular weight excluding hydrogens is 193 g/mol. The highest BCUT2D eigenvalue weighted by Crippen LogP contribution is 2.34. The lowest BCUT2D eigenvalue weighted by atomic mass is 10.4. The van der Waals surface area contributed by atoms with Gasteiger partial charge in [0, 0.05) is 0 Å². The predicted molar refractivity (Wildman–Crippen MR) is 37.5 cm³/mol. The largest absolute Gasteiger partial charge is 0.434 e. The zero-order chi connectivity index (χ0) is 9.35. The van der Waals surface area contributed by atoms with Crippen molar-refractivity contribution >= 4 is 16.5 Å². The molecule has 0 bridgehead atoms. The molecule has 0 aliphatic carbocycles. The van der Waals surface area contributed by atoms with Gasteiger partial charge in [0.05, 0.1) is 11.5 Å². The monoisotopic (exact) mass is 198 g/mol. The lowest BCUT2D eigenvalue weighted by Crippen LogP contribution is -2.08. The van der Waals surface area contributed by atoms with Crippen molar-refractivity contribution in [3.05, 3.63) is 10.6 Å². The summed E-state index contributed by atoms with van der Waals surface area (Å²) in [6.07, 6.45) is -4.54. The Hall–Kier alpha value is -0.820. The predicted octanol–water partition coefficient (Wildman–Crippen LogP) is 1.24. The van der Waals surface area contributed by atoms with Crippen LogP contribution in [0.2, 0.25) is 0 Å². The maximum atomic E-state index is 12.0. The van der Waals surface area contributed by atoms with E-state index in [1.807, 2.05) is 0 Å². The second kappa shape index (κ2) is 2.91. The first-order valence-electron chi connectivity index (χ1n) is 2.88. The van der Waals surface area contributed by atoms with E-state index in [-0.39, 0.29) is 10.0 Å². The first-order valence-corrected chi connectivity index (χ1v) is 3.70. The summed E-state index contributed by atoms with van der Waals surface area (Å²) in [6, 6.07) is 0. The summed E-state index contributed by atoms with van der Waals surface area (Å²) in [5, 5.41) is 8.32. The van der Waals surface area contributed by atoms with Crippen molar-refractivity contribution < 1.29 is 18.3 Å². The first-order chi connectivity index (χ1) is 5.45. The molecular formula is C5H5F3N2OS. The highest BCUT2D eigenvalue weighted by atomic mass is 32.1. The summed E-state index contributed by atoms with van der Waals surface area (Å²) in [7, 11) is 0. The van der Waals surface area contributed by atoms with E-state index in [0.717, 1.165) is 0 Å². The molecule has 0 saturated carbocycles. The number of halogens is 3. The van der Waals surface area contributed by atoms with Gasteiger partial charge < -0.3 is 10.8 Å². The molecule has 1 aromatic rings. The molecule has 0 unspecified atom stereocenters. The van der Waals surface area contributed by atoms with Crippen LogP contribution in [-0.4, -0.2) is 10.1 Å². The minimum Gasteiger partial charge on any atom is -0.391 e. The minimum atomic E-state index is -4.54. The highest BCUT2D eigenvalue weighted by Gasteiger charge is 2.36. The van der Waals surface area contributed by atoms with Gasteiger partial charge in [-0.05, 0) is 0 Å². The number of aliphatic hydroxyl groups excluding tert-OH is 1. The van der Waals surface area contributed by atoms with Crippen molar-refractivity contribution in [2.24, 2.45) is 0 Å². The van der Waals surface area contributed by atoms with Gasteiger partial charge in [-0.2, -0.15) is 13.2 Å². The summed E-state index contributed by atoms with van der Waals surface area (Å²) in [5.74, 6) is 0. The molecule has 1 aromatic heterocycles. The van der Waals surface area contributed by atoms with E-state index >= 15 is 0 Å². The Bertz CT molecular complexity index is 283. The van der Waals surface area contributed by atoms with Gasteiger partial charge >= 0.3 is 6.18 Å².